The van der Waals surface area contributed by atoms with Crippen molar-refractivity contribution in [1.29, 1.82) is 0 Å². The minimum Gasteiger partial charge on any atom is -0.392 e. The smallest absolute Gasteiger partial charge is 0.251 e. The van der Waals surface area contributed by atoms with Crippen LogP contribution in [0.1, 0.15) is 27.6 Å². The summed E-state index contributed by atoms with van der Waals surface area (Å²) in [7, 11) is 1.53. The lowest BCUT2D eigenvalue weighted by Gasteiger charge is -2.08. The van der Waals surface area contributed by atoms with Gasteiger partial charge in [0.15, 0.2) is 0 Å². The van der Waals surface area contributed by atoms with Crippen molar-refractivity contribution in [2.45, 2.75) is 13.0 Å². The molecular weight excluding hydrogens is 220 g/mol. The zero-order valence-electron chi connectivity index (χ0n) is 9.86. The number of aliphatic hydroxyl groups excluding tert-OH is 1. The van der Waals surface area contributed by atoms with Gasteiger partial charge in [0, 0.05) is 24.7 Å². The van der Waals surface area contributed by atoms with E-state index in [1.165, 1.54) is 13.1 Å². The minimum absolute atomic E-state index is 0.184. The first-order valence-electron chi connectivity index (χ1n) is 5.33. The standard InChI is InChI=1S/C12H16N2O3/c1-8(15)7-14-12(17)10-5-3-4-9(6-10)11(16)13-2/h3-6,8,15H,7H2,1-2H3,(H,13,16)(H,14,17). The largest absolute Gasteiger partial charge is 0.392 e. The third kappa shape index (κ3) is 3.88. The zero-order valence-corrected chi connectivity index (χ0v) is 9.86. The molecule has 1 unspecified atom stereocenters. The molecule has 1 rings (SSSR count). The highest BCUT2D eigenvalue weighted by Gasteiger charge is 2.09. The summed E-state index contributed by atoms with van der Waals surface area (Å²) in [5.74, 6) is -0.549. The molecule has 0 fully saturated rings. The fraction of sp³-hybridized carbons (Fsp3) is 0.333. The molecule has 92 valence electrons. The van der Waals surface area contributed by atoms with Gasteiger partial charge in [-0.15, -0.1) is 0 Å². The van der Waals surface area contributed by atoms with Gasteiger partial charge in [0.1, 0.15) is 0 Å². The predicted molar refractivity (Wildman–Crippen MR) is 63.8 cm³/mol. The van der Waals surface area contributed by atoms with E-state index in [1.54, 1.807) is 25.1 Å². The second-order valence-electron chi connectivity index (χ2n) is 3.72. The summed E-state index contributed by atoms with van der Waals surface area (Å²) in [4.78, 5) is 23.0. The Morgan fingerprint density at radius 3 is 2.41 bits per heavy atom. The maximum atomic E-state index is 11.7. The van der Waals surface area contributed by atoms with Crippen LogP contribution in [0.2, 0.25) is 0 Å². The van der Waals surface area contributed by atoms with E-state index in [2.05, 4.69) is 10.6 Å². The van der Waals surface area contributed by atoms with Gasteiger partial charge in [0.2, 0.25) is 0 Å². The van der Waals surface area contributed by atoms with Crippen molar-refractivity contribution in [2.24, 2.45) is 0 Å². The highest BCUT2D eigenvalue weighted by atomic mass is 16.3. The number of benzene rings is 1. The van der Waals surface area contributed by atoms with Crippen molar-refractivity contribution < 1.29 is 14.7 Å². The number of carbonyl (C=O) groups is 2. The van der Waals surface area contributed by atoms with Gasteiger partial charge in [0.05, 0.1) is 6.10 Å². The van der Waals surface area contributed by atoms with E-state index in [0.717, 1.165) is 0 Å². The third-order valence-electron chi connectivity index (χ3n) is 2.17. The first-order valence-corrected chi connectivity index (χ1v) is 5.33. The zero-order chi connectivity index (χ0) is 12.8. The summed E-state index contributed by atoms with van der Waals surface area (Å²) in [6.45, 7) is 1.77. The number of carbonyl (C=O) groups excluding carboxylic acids is 2. The minimum atomic E-state index is -0.596. The molecule has 1 atom stereocenters. The Hall–Kier alpha value is -1.88. The Bertz CT molecular complexity index is 416. The average molecular weight is 236 g/mol. The van der Waals surface area contributed by atoms with E-state index in [1.807, 2.05) is 0 Å². The van der Waals surface area contributed by atoms with Crippen molar-refractivity contribution in [3.63, 3.8) is 0 Å². The molecule has 0 saturated carbocycles. The SMILES string of the molecule is CNC(=O)c1cccc(C(=O)NCC(C)O)c1. The van der Waals surface area contributed by atoms with Gasteiger partial charge < -0.3 is 15.7 Å². The molecule has 1 aromatic rings. The summed E-state index contributed by atoms with van der Waals surface area (Å²) in [5.41, 5.74) is 0.823. The van der Waals surface area contributed by atoms with E-state index in [4.69, 9.17) is 5.11 Å². The second kappa shape index (κ2) is 6.00. The molecule has 17 heavy (non-hydrogen) atoms. The summed E-state index contributed by atoms with van der Waals surface area (Å²) in [6, 6.07) is 6.40. The Balaban J connectivity index is 2.77. The van der Waals surface area contributed by atoms with Crippen LogP contribution in [0.4, 0.5) is 0 Å². The molecule has 0 radical (unpaired) electrons. The monoisotopic (exact) mass is 236 g/mol. The van der Waals surface area contributed by atoms with Crippen LogP contribution >= 0.6 is 0 Å². The Labute approximate surface area is 99.8 Å². The molecule has 2 amide bonds. The fourth-order valence-corrected chi connectivity index (χ4v) is 1.29. The van der Waals surface area contributed by atoms with Crippen LogP contribution in [0, 0.1) is 0 Å². The number of rotatable bonds is 4. The molecule has 0 aliphatic carbocycles. The van der Waals surface area contributed by atoms with Crippen LogP contribution in [0.15, 0.2) is 24.3 Å². The quantitative estimate of drug-likeness (QED) is 0.696. The van der Waals surface area contributed by atoms with Gasteiger partial charge in [-0.1, -0.05) is 6.07 Å². The predicted octanol–water partition coefficient (Wildman–Crippen LogP) is 0.157. The van der Waals surface area contributed by atoms with Gasteiger partial charge in [-0.3, -0.25) is 9.59 Å². The maximum Gasteiger partial charge on any atom is 0.251 e. The highest BCUT2D eigenvalue weighted by Crippen LogP contribution is 2.05. The van der Waals surface area contributed by atoms with Crippen LogP contribution in [-0.2, 0) is 0 Å². The topological polar surface area (TPSA) is 78.4 Å². The molecule has 5 nitrogen and oxygen atoms in total. The van der Waals surface area contributed by atoms with Crippen LogP contribution in [0.5, 0.6) is 0 Å². The fourth-order valence-electron chi connectivity index (χ4n) is 1.29. The Morgan fingerprint density at radius 2 is 1.88 bits per heavy atom. The number of aliphatic hydroxyl groups is 1. The first-order chi connectivity index (χ1) is 8.04. The molecule has 0 heterocycles. The van der Waals surface area contributed by atoms with Crippen molar-refractivity contribution in [3.8, 4) is 0 Å². The molecule has 3 N–H and O–H groups in total. The number of hydrogen-bond donors (Lipinski definition) is 3. The van der Waals surface area contributed by atoms with Crippen molar-refractivity contribution in [1.82, 2.24) is 10.6 Å². The lowest BCUT2D eigenvalue weighted by atomic mass is 10.1. The van der Waals surface area contributed by atoms with E-state index >= 15 is 0 Å². The van der Waals surface area contributed by atoms with Crippen molar-refractivity contribution in [2.75, 3.05) is 13.6 Å². The molecule has 1 aromatic carbocycles. The van der Waals surface area contributed by atoms with Crippen LogP contribution in [0.3, 0.4) is 0 Å². The molecule has 0 saturated heterocycles. The summed E-state index contributed by atoms with van der Waals surface area (Å²) in [6.07, 6.45) is -0.596. The van der Waals surface area contributed by atoms with E-state index in [0.29, 0.717) is 11.1 Å². The van der Waals surface area contributed by atoms with Gasteiger partial charge in [-0.25, -0.2) is 0 Å². The second-order valence-corrected chi connectivity index (χ2v) is 3.72. The Morgan fingerprint density at radius 1 is 1.29 bits per heavy atom. The lowest BCUT2D eigenvalue weighted by molar-refractivity contribution is 0.0924. The molecular formula is C12H16N2O3. The molecule has 5 heteroatoms. The van der Waals surface area contributed by atoms with Crippen LogP contribution in [-0.4, -0.2) is 36.6 Å². The summed E-state index contributed by atoms with van der Waals surface area (Å²) < 4.78 is 0. The maximum absolute atomic E-state index is 11.7. The van der Waals surface area contributed by atoms with Crippen molar-refractivity contribution in [3.05, 3.63) is 35.4 Å². The normalized spacial score (nSPS) is 11.7. The van der Waals surface area contributed by atoms with Gasteiger partial charge in [0.25, 0.3) is 11.8 Å². The lowest BCUT2D eigenvalue weighted by Crippen LogP contribution is -2.30. The average Bonchev–Trinajstić information content (AvgIpc) is 2.35. The number of hydrogen-bond acceptors (Lipinski definition) is 3. The summed E-state index contributed by atoms with van der Waals surface area (Å²) in [5, 5.41) is 14.1. The third-order valence-corrected chi connectivity index (χ3v) is 2.17. The molecule has 0 aromatic heterocycles. The molecule has 0 bridgehead atoms. The molecule has 0 spiro atoms. The number of nitrogens with one attached hydrogen (secondary N) is 2. The highest BCUT2D eigenvalue weighted by molar-refractivity contribution is 5.99. The van der Waals surface area contributed by atoms with Crippen molar-refractivity contribution >= 4 is 11.8 Å². The summed E-state index contributed by atoms with van der Waals surface area (Å²) >= 11 is 0. The van der Waals surface area contributed by atoms with E-state index in [9.17, 15) is 9.59 Å². The van der Waals surface area contributed by atoms with Crippen LogP contribution in [0.25, 0.3) is 0 Å². The molecule has 0 aliphatic rings. The van der Waals surface area contributed by atoms with Gasteiger partial charge in [-0.05, 0) is 25.1 Å². The van der Waals surface area contributed by atoms with E-state index < -0.39 is 6.10 Å². The first kappa shape index (κ1) is 13.2. The molecule has 0 aliphatic heterocycles. The van der Waals surface area contributed by atoms with E-state index in [-0.39, 0.29) is 18.4 Å². The Kier molecular flexibility index (Phi) is 4.66. The van der Waals surface area contributed by atoms with Gasteiger partial charge in [-0.2, -0.15) is 0 Å². The van der Waals surface area contributed by atoms with Crippen LogP contribution < -0.4 is 10.6 Å². The van der Waals surface area contributed by atoms with Gasteiger partial charge >= 0.3 is 0 Å². The number of amides is 2.